The summed E-state index contributed by atoms with van der Waals surface area (Å²) >= 11 is 1.66. The lowest BCUT2D eigenvalue weighted by atomic mass is 10.1. The fourth-order valence-electron chi connectivity index (χ4n) is 3.58. The van der Waals surface area contributed by atoms with E-state index in [1.165, 1.54) is 12.1 Å². The van der Waals surface area contributed by atoms with Crippen LogP contribution in [0.2, 0.25) is 0 Å². The molecule has 6 heteroatoms. The SMILES string of the molecule is CC1CC(c2nccs2)CN1C(=O)Cc1ccc(Oc2ccc(F)cc2)cc1. The van der Waals surface area contributed by atoms with E-state index in [-0.39, 0.29) is 17.8 Å². The maximum atomic E-state index is 13.0. The van der Waals surface area contributed by atoms with E-state index in [4.69, 9.17) is 4.74 Å². The van der Waals surface area contributed by atoms with Crippen molar-refractivity contribution in [1.29, 1.82) is 0 Å². The monoisotopic (exact) mass is 396 g/mol. The molecular formula is C22H21FN2O2S. The zero-order valence-corrected chi connectivity index (χ0v) is 16.4. The summed E-state index contributed by atoms with van der Waals surface area (Å²) in [7, 11) is 0. The van der Waals surface area contributed by atoms with Crippen molar-refractivity contribution >= 4 is 17.2 Å². The third kappa shape index (κ3) is 4.22. The Morgan fingerprint density at radius 1 is 1.18 bits per heavy atom. The molecule has 0 spiro atoms. The van der Waals surface area contributed by atoms with E-state index >= 15 is 0 Å². The van der Waals surface area contributed by atoms with Crippen molar-refractivity contribution in [2.75, 3.05) is 6.54 Å². The van der Waals surface area contributed by atoms with Crippen LogP contribution in [0.25, 0.3) is 0 Å². The standard InChI is InChI=1S/C22H21FN2O2S/c1-15-12-17(22-24-10-11-28-22)14-25(15)21(26)13-16-2-6-19(7-3-16)27-20-8-4-18(23)5-9-20/h2-11,15,17H,12-14H2,1H3. The molecule has 1 saturated heterocycles. The number of rotatable bonds is 5. The first kappa shape index (κ1) is 18.6. The molecule has 3 aromatic rings. The largest absolute Gasteiger partial charge is 0.457 e. The van der Waals surface area contributed by atoms with Gasteiger partial charge in [0.05, 0.1) is 11.4 Å². The fourth-order valence-corrected chi connectivity index (χ4v) is 4.33. The second-order valence-electron chi connectivity index (χ2n) is 7.07. The van der Waals surface area contributed by atoms with Crippen molar-refractivity contribution < 1.29 is 13.9 Å². The number of ether oxygens (including phenoxy) is 1. The molecule has 0 N–H and O–H groups in total. The molecule has 2 unspecified atom stereocenters. The minimum absolute atomic E-state index is 0.138. The normalized spacial score (nSPS) is 19.0. The Labute approximate surface area is 167 Å². The van der Waals surface area contributed by atoms with Crippen LogP contribution in [-0.2, 0) is 11.2 Å². The summed E-state index contributed by atoms with van der Waals surface area (Å²) in [6.45, 7) is 2.84. The van der Waals surface area contributed by atoms with E-state index in [1.54, 1.807) is 23.5 Å². The molecule has 144 valence electrons. The Bertz CT molecular complexity index is 926. The van der Waals surface area contributed by atoms with Crippen molar-refractivity contribution in [2.45, 2.75) is 31.7 Å². The molecule has 2 heterocycles. The highest BCUT2D eigenvalue weighted by Gasteiger charge is 2.34. The Balaban J connectivity index is 1.36. The summed E-state index contributed by atoms with van der Waals surface area (Å²) in [6.07, 6.45) is 3.15. The van der Waals surface area contributed by atoms with Crippen molar-refractivity contribution in [3.05, 3.63) is 76.5 Å². The van der Waals surface area contributed by atoms with Gasteiger partial charge in [-0.1, -0.05) is 12.1 Å². The molecule has 1 aromatic heterocycles. The van der Waals surface area contributed by atoms with Crippen LogP contribution >= 0.6 is 11.3 Å². The Morgan fingerprint density at radius 2 is 1.86 bits per heavy atom. The van der Waals surface area contributed by atoms with Gasteiger partial charge in [-0.25, -0.2) is 9.37 Å². The predicted molar refractivity (Wildman–Crippen MR) is 107 cm³/mol. The van der Waals surface area contributed by atoms with Gasteiger partial charge < -0.3 is 9.64 Å². The number of hydrogen-bond donors (Lipinski definition) is 0. The number of carbonyl (C=O) groups is 1. The average molecular weight is 396 g/mol. The van der Waals surface area contributed by atoms with Gasteiger partial charge in [0.15, 0.2) is 0 Å². The lowest BCUT2D eigenvalue weighted by Gasteiger charge is -2.21. The highest BCUT2D eigenvalue weighted by Crippen LogP contribution is 2.33. The zero-order valence-electron chi connectivity index (χ0n) is 15.5. The summed E-state index contributed by atoms with van der Waals surface area (Å²) in [5, 5.41) is 3.10. The minimum atomic E-state index is -0.297. The van der Waals surface area contributed by atoms with E-state index in [0.717, 1.165) is 23.5 Å². The first-order chi connectivity index (χ1) is 13.6. The maximum absolute atomic E-state index is 13.0. The first-order valence-electron chi connectivity index (χ1n) is 9.29. The van der Waals surface area contributed by atoms with Gasteiger partial charge >= 0.3 is 0 Å². The minimum Gasteiger partial charge on any atom is -0.457 e. The van der Waals surface area contributed by atoms with Crippen LogP contribution in [0.1, 0.15) is 29.8 Å². The number of benzene rings is 2. The molecular weight excluding hydrogens is 375 g/mol. The molecule has 28 heavy (non-hydrogen) atoms. The van der Waals surface area contributed by atoms with E-state index < -0.39 is 0 Å². The quantitative estimate of drug-likeness (QED) is 0.608. The number of nitrogens with zero attached hydrogens (tertiary/aromatic N) is 2. The molecule has 1 aliphatic heterocycles. The van der Waals surface area contributed by atoms with Gasteiger partial charge in [0.2, 0.25) is 5.91 Å². The van der Waals surface area contributed by atoms with Crippen molar-refractivity contribution in [3.63, 3.8) is 0 Å². The van der Waals surface area contributed by atoms with E-state index in [0.29, 0.717) is 23.8 Å². The Morgan fingerprint density at radius 3 is 2.50 bits per heavy atom. The molecule has 4 rings (SSSR count). The molecule has 1 aliphatic rings. The molecule has 1 fully saturated rings. The molecule has 2 atom stereocenters. The number of likely N-dealkylation sites (tertiary alicyclic amines) is 1. The Kier molecular flexibility index (Phi) is 5.39. The summed E-state index contributed by atoms with van der Waals surface area (Å²) in [6, 6.07) is 13.6. The van der Waals surface area contributed by atoms with Crippen molar-refractivity contribution in [1.82, 2.24) is 9.88 Å². The van der Waals surface area contributed by atoms with Gasteiger partial charge in [-0.05, 0) is 55.3 Å². The van der Waals surface area contributed by atoms with Crippen LogP contribution in [0, 0.1) is 5.82 Å². The van der Waals surface area contributed by atoms with E-state index in [9.17, 15) is 9.18 Å². The number of thiazole rings is 1. The summed E-state index contributed by atoms with van der Waals surface area (Å²) in [5.74, 6) is 1.41. The number of hydrogen-bond acceptors (Lipinski definition) is 4. The molecule has 0 radical (unpaired) electrons. The van der Waals surface area contributed by atoms with Gasteiger partial charge in [-0.2, -0.15) is 0 Å². The number of carbonyl (C=O) groups excluding carboxylic acids is 1. The van der Waals surface area contributed by atoms with Crippen LogP contribution in [0.4, 0.5) is 4.39 Å². The molecule has 2 aromatic carbocycles. The van der Waals surface area contributed by atoms with Crippen LogP contribution in [0.5, 0.6) is 11.5 Å². The predicted octanol–water partition coefficient (Wildman–Crippen LogP) is 5.02. The Hall–Kier alpha value is -2.73. The smallest absolute Gasteiger partial charge is 0.227 e. The third-order valence-electron chi connectivity index (χ3n) is 5.02. The second kappa shape index (κ2) is 8.10. The molecule has 1 amide bonds. The second-order valence-corrected chi connectivity index (χ2v) is 8.00. The van der Waals surface area contributed by atoms with Crippen LogP contribution in [-0.4, -0.2) is 28.4 Å². The lowest BCUT2D eigenvalue weighted by molar-refractivity contribution is -0.131. The van der Waals surface area contributed by atoms with Crippen LogP contribution < -0.4 is 4.74 Å². The topological polar surface area (TPSA) is 42.4 Å². The fraction of sp³-hybridized carbons (Fsp3) is 0.273. The number of amides is 1. The van der Waals surface area contributed by atoms with Crippen LogP contribution in [0.3, 0.4) is 0 Å². The van der Waals surface area contributed by atoms with Crippen molar-refractivity contribution in [3.8, 4) is 11.5 Å². The molecule has 0 aliphatic carbocycles. The van der Waals surface area contributed by atoms with Gasteiger partial charge in [0.25, 0.3) is 0 Å². The van der Waals surface area contributed by atoms with Gasteiger partial charge in [-0.15, -0.1) is 11.3 Å². The number of halogens is 1. The third-order valence-corrected chi connectivity index (χ3v) is 5.96. The lowest BCUT2D eigenvalue weighted by Crippen LogP contribution is -2.35. The summed E-state index contributed by atoms with van der Waals surface area (Å²) < 4.78 is 18.7. The highest BCUT2D eigenvalue weighted by molar-refractivity contribution is 7.09. The number of aromatic nitrogens is 1. The van der Waals surface area contributed by atoms with Crippen LogP contribution in [0.15, 0.2) is 60.1 Å². The molecule has 0 bridgehead atoms. The maximum Gasteiger partial charge on any atom is 0.227 e. The molecule has 0 saturated carbocycles. The van der Waals surface area contributed by atoms with Crippen molar-refractivity contribution in [2.24, 2.45) is 0 Å². The van der Waals surface area contributed by atoms with Gasteiger partial charge in [0, 0.05) is 30.1 Å². The molecule has 4 nitrogen and oxygen atoms in total. The summed E-state index contributed by atoms with van der Waals surface area (Å²) in [4.78, 5) is 19.2. The van der Waals surface area contributed by atoms with Gasteiger partial charge in [0.1, 0.15) is 17.3 Å². The van der Waals surface area contributed by atoms with Gasteiger partial charge in [-0.3, -0.25) is 4.79 Å². The first-order valence-corrected chi connectivity index (χ1v) is 10.2. The summed E-state index contributed by atoms with van der Waals surface area (Å²) in [5.41, 5.74) is 0.946. The van der Waals surface area contributed by atoms with E-state index in [1.807, 2.05) is 40.7 Å². The highest BCUT2D eigenvalue weighted by atomic mass is 32.1. The zero-order chi connectivity index (χ0) is 19.5. The van der Waals surface area contributed by atoms with E-state index in [2.05, 4.69) is 11.9 Å². The average Bonchev–Trinajstić information content (AvgIpc) is 3.35.